The van der Waals surface area contributed by atoms with Crippen LogP contribution in [0.3, 0.4) is 0 Å². The molecule has 1 aliphatic heterocycles. The lowest BCUT2D eigenvalue weighted by Gasteiger charge is -2.35. The van der Waals surface area contributed by atoms with Crippen LogP contribution in [-0.4, -0.2) is 70.1 Å². The van der Waals surface area contributed by atoms with Crippen molar-refractivity contribution in [1.29, 1.82) is 0 Å². The van der Waals surface area contributed by atoms with Gasteiger partial charge in [-0.15, -0.1) is 0 Å². The molecule has 1 saturated heterocycles. The van der Waals surface area contributed by atoms with Gasteiger partial charge in [0.15, 0.2) is 0 Å². The molecule has 1 amide bonds. The third kappa shape index (κ3) is 5.84. The Bertz CT molecular complexity index is 1260. The van der Waals surface area contributed by atoms with Crippen molar-refractivity contribution >= 4 is 45.3 Å². The van der Waals surface area contributed by atoms with Crippen LogP contribution in [-0.2, 0) is 26.0 Å². The van der Waals surface area contributed by atoms with Gasteiger partial charge in [0.25, 0.3) is 0 Å². The minimum atomic E-state index is -3.81. The molecule has 2 aromatic carbocycles. The maximum Gasteiger partial charge on any atom is 0.322 e. The number of carbonyl (C=O) groups excluding carboxylic acids is 1. The number of nitrogens with zero attached hydrogens (tertiary/aromatic N) is 2. The van der Waals surface area contributed by atoms with Crippen molar-refractivity contribution in [1.82, 2.24) is 14.9 Å². The minimum Gasteiger partial charge on any atom is -0.480 e. The van der Waals surface area contributed by atoms with Gasteiger partial charge >= 0.3 is 5.97 Å². The maximum absolute atomic E-state index is 12.9. The molecule has 1 unspecified atom stereocenters. The summed E-state index contributed by atoms with van der Waals surface area (Å²) in [5.41, 5.74) is 3.16. The highest BCUT2D eigenvalue weighted by atomic mass is 35.5. The predicted molar refractivity (Wildman–Crippen MR) is 134 cm³/mol. The molecular weight excluding hydrogens is 492 g/mol. The third-order valence-electron chi connectivity index (χ3n) is 6.18. The number of anilines is 1. The third-order valence-corrected chi connectivity index (χ3v) is 7.89. The molecule has 3 N–H and O–H groups in total. The van der Waals surface area contributed by atoms with E-state index >= 15 is 0 Å². The quantitative estimate of drug-likeness (QED) is 0.488. The van der Waals surface area contributed by atoms with Gasteiger partial charge in [0.1, 0.15) is 6.54 Å². The average Bonchev–Trinajstić information content (AvgIpc) is 3.21. The summed E-state index contributed by atoms with van der Waals surface area (Å²) in [7, 11) is -1.76. The molecule has 2 aromatic rings. The number of carboxylic acid groups (broad SMARTS) is 1. The first-order chi connectivity index (χ1) is 16.6. The van der Waals surface area contributed by atoms with Crippen molar-refractivity contribution in [2.24, 2.45) is 0 Å². The van der Waals surface area contributed by atoms with Crippen LogP contribution in [0.25, 0.3) is 6.08 Å². The number of hydrogen-bond acceptors (Lipinski definition) is 6. The first kappa shape index (κ1) is 25.2. The molecule has 1 heterocycles. The van der Waals surface area contributed by atoms with Gasteiger partial charge in [0.2, 0.25) is 15.9 Å². The SMILES string of the molecule is CN1CCN(c2ccc3c(c2CC(=O)NCC(=O)O)C=CC3NS(=O)(=O)c2ccc(Cl)cc2)CC1. The minimum absolute atomic E-state index is 0.0148. The van der Waals surface area contributed by atoms with Crippen LogP contribution in [0.1, 0.15) is 22.7 Å². The van der Waals surface area contributed by atoms with Gasteiger partial charge in [-0.3, -0.25) is 9.59 Å². The van der Waals surface area contributed by atoms with Crippen molar-refractivity contribution in [2.75, 3.05) is 44.7 Å². The molecule has 2 aliphatic rings. The van der Waals surface area contributed by atoms with E-state index in [1.807, 2.05) is 18.2 Å². The van der Waals surface area contributed by atoms with E-state index in [1.165, 1.54) is 24.3 Å². The van der Waals surface area contributed by atoms with Crippen molar-refractivity contribution in [3.05, 3.63) is 64.2 Å². The van der Waals surface area contributed by atoms with Crippen LogP contribution in [0, 0.1) is 0 Å². The zero-order valence-corrected chi connectivity index (χ0v) is 20.8. The summed E-state index contributed by atoms with van der Waals surface area (Å²) in [6.45, 7) is 2.87. The van der Waals surface area contributed by atoms with Crippen LogP contribution in [0.15, 0.2) is 47.4 Å². The zero-order valence-electron chi connectivity index (χ0n) is 19.2. The Morgan fingerprint density at radius 3 is 2.43 bits per heavy atom. The highest BCUT2D eigenvalue weighted by Gasteiger charge is 2.29. The lowest BCUT2D eigenvalue weighted by Crippen LogP contribution is -2.45. The van der Waals surface area contributed by atoms with E-state index in [2.05, 4.69) is 26.9 Å². The Kier molecular flexibility index (Phi) is 7.46. The number of halogens is 1. The number of sulfonamides is 1. The lowest BCUT2D eigenvalue weighted by atomic mass is 9.96. The number of rotatable bonds is 8. The molecule has 1 atom stereocenters. The second-order valence-corrected chi connectivity index (χ2v) is 10.8. The van der Waals surface area contributed by atoms with Gasteiger partial charge in [-0.25, -0.2) is 8.42 Å². The fraction of sp³-hybridized carbons (Fsp3) is 0.333. The Balaban J connectivity index is 1.64. The molecule has 0 aromatic heterocycles. The van der Waals surface area contributed by atoms with Gasteiger partial charge in [-0.2, -0.15) is 4.72 Å². The molecule has 1 fully saturated rings. The monoisotopic (exact) mass is 518 g/mol. The van der Waals surface area contributed by atoms with Crippen molar-refractivity contribution < 1.29 is 23.1 Å². The number of carbonyl (C=O) groups is 2. The molecule has 9 nitrogen and oxygen atoms in total. The number of hydrogen-bond donors (Lipinski definition) is 3. The highest BCUT2D eigenvalue weighted by molar-refractivity contribution is 7.89. The molecule has 35 heavy (non-hydrogen) atoms. The number of likely N-dealkylation sites (N-methyl/N-ethyl adjacent to an activating group) is 1. The van der Waals surface area contributed by atoms with Crippen LogP contribution < -0.4 is 14.9 Å². The molecule has 1 aliphatic carbocycles. The second-order valence-electron chi connectivity index (χ2n) is 8.62. The largest absolute Gasteiger partial charge is 0.480 e. The number of aliphatic carboxylic acids is 1. The zero-order chi connectivity index (χ0) is 25.2. The van der Waals surface area contributed by atoms with E-state index < -0.39 is 34.5 Å². The fourth-order valence-electron chi connectivity index (χ4n) is 4.31. The molecule has 0 saturated carbocycles. The topological polar surface area (TPSA) is 119 Å². The van der Waals surface area contributed by atoms with Gasteiger partial charge in [-0.05, 0) is 54.1 Å². The van der Waals surface area contributed by atoms with E-state index in [0.717, 1.165) is 48.6 Å². The summed E-state index contributed by atoms with van der Waals surface area (Å²) >= 11 is 5.89. The summed E-state index contributed by atoms with van der Waals surface area (Å²) in [5, 5.41) is 11.8. The van der Waals surface area contributed by atoms with E-state index in [0.29, 0.717) is 5.02 Å². The van der Waals surface area contributed by atoms with Crippen LogP contribution >= 0.6 is 11.6 Å². The number of nitrogens with one attached hydrogen (secondary N) is 2. The Hall–Kier alpha value is -2.92. The number of piperazine rings is 1. The predicted octanol–water partition coefficient (Wildman–Crippen LogP) is 1.88. The van der Waals surface area contributed by atoms with Crippen LogP contribution in [0.4, 0.5) is 5.69 Å². The first-order valence-corrected chi connectivity index (χ1v) is 13.0. The van der Waals surface area contributed by atoms with Gasteiger partial charge in [0, 0.05) is 36.9 Å². The Morgan fingerprint density at radius 2 is 1.77 bits per heavy atom. The van der Waals surface area contributed by atoms with Crippen molar-refractivity contribution in [3.63, 3.8) is 0 Å². The first-order valence-electron chi connectivity index (χ1n) is 11.2. The van der Waals surface area contributed by atoms with E-state index in [9.17, 15) is 18.0 Å². The van der Waals surface area contributed by atoms with Gasteiger partial charge in [0.05, 0.1) is 17.4 Å². The lowest BCUT2D eigenvalue weighted by molar-refractivity contribution is -0.137. The second kappa shape index (κ2) is 10.4. The molecule has 186 valence electrons. The van der Waals surface area contributed by atoms with Gasteiger partial charge in [-0.1, -0.05) is 29.8 Å². The molecule has 0 radical (unpaired) electrons. The Morgan fingerprint density at radius 1 is 1.09 bits per heavy atom. The van der Waals surface area contributed by atoms with Crippen LogP contribution in [0.2, 0.25) is 5.02 Å². The molecule has 0 spiro atoms. The summed E-state index contributed by atoms with van der Waals surface area (Å²) in [4.78, 5) is 28.0. The summed E-state index contributed by atoms with van der Waals surface area (Å²) in [6, 6.07) is 9.12. The average molecular weight is 519 g/mol. The van der Waals surface area contributed by atoms with Crippen molar-refractivity contribution in [3.8, 4) is 0 Å². The number of carboxylic acids is 1. The van der Waals surface area contributed by atoms with E-state index in [4.69, 9.17) is 16.7 Å². The van der Waals surface area contributed by atoms with Crippen molar-refractivity contribution in [2.45, 2.75) is 17.4 Å². The summed E-state index contributed by atoms with van der Waals surface area (Å²) in [6.07, 6.45) is 3.56. The summed E-state index contributed by atoms with van der Waals surface area (Å²) in [5.74, 6) is -1.53. The van der Waals surface area contributed by atoms with Crippen LogP contribution in [0.5, 0.6) is 0 Å². The maximum atomic E-state index is 12.9. The Labute approximate surface area is 209 Å². The molecule has 0 bridgehead atoms. The normalized spacial score (nSPS) is 17.9. The smallest absolute Gasteiger partial charge is 0.322 e. The van der Waals surface area contributed by atoms with E-state index in [-0.39, 0.29) is 11.3 Å². The summed E-state index contributed by atoms with van der Waals surface area (Å²) < 4.78 is 28.6. The molecular formula is C24H27ClN4O5S. The van der Waals surface area contributed by atoms with E-state index in [1.54, 1.807) is 6.08 Å². The standard InChI is InChI=1S/C24H27ClN4O5S/c1-28-10-12-29(13-11-28)22-9-7-19-18(20(22)14-23(30)26-15-24(31)32)6-8-21(19)27-35(33,34)17-4-2-16(25)3-5-17/h2-9,21,27H,10-15H2,1H3,(H,26,30)(H,31,32). The van der Waals surface area contributed by atoms with Gasteiger partial charge < -0.3 is 20.2 Å². The number of benzene rings is 2. The number of amides is 1. The molecule has 11 heteroatoms. The molecule has 4 rings (SSSR count). The number of fused-ring (bicyclic) bond motifs is 1. The fourth-order valence-corrected chi connectivity index (χ4v) is 5.61. The highest BCUT2D eigenvalue weighted by Crippen LogP contribution is 2.37.